The van der Waals surface area contributed by atoms with E-state index < -0.39 is 5.92 Å². The first-order chi connectivity index (χ1) is 15.0. The van der Waals surface area contributed by atoms with E-state index >= 15 is 0 Å². The standard InChI is InChI=1S/C24H18BrN3O3/c25-14-3-1-13(2-4-14)24(28-31)23(19-11-26-21-7-5-15(29)9-17(19)21)20-12-27-22-8-6-16(30)10-18(20)22/h1-12,23,26-27,29-31H/b28-24-. The minimum atomic E-state index is -0.475. The number of aromatic amines is 2. The molecule has 0 bridgehead atoms. The highest BCUT2D eigenvalue weighted by Gasteiger charge is 2.28. The molecule has 5 rings (SSSR count). The van der Waals surface area contributed by atoms with Crippen molar-refractivity contribution in [2.45, 2.75) is 5.92 Å². The van der Waals surface area contributed by atoms with Gasteiger partial charge in [-0.05, 0) is 59.7 Å². The third-order valence-corrected chi connectivity index (χ3v) is 6.07. The molecule has 6 nitrogen and oxygen atoms in total. The summed E-state index contributed by atoms with van der Waals surface area (Å²) in [6.07, 6.45) is 3.72. The third-order valence-electron chi connectivity index (χ3n) is 5.54. The lowest BCUT2D eigenvalue weighted by atomic mass is 9.84. The van der Waals surface area contributed by atoms with Gasteiger partial charge in [-0.15, -0.1) is 0 Å². The lowest BCUT2D eigenvalue weighted by Crippen LogP contribution is -2.15. The van der Waals surface area contributed by atoms with E-state index in [4.69, 9.17) is 0 Å². The number of hydrogen-bond acceptors (Lipinski definition) is 4. The summed E-state index contributed by atoms with van der Waals surface area (Å²) in [5, 5.41) is 35.7. The Morgan fingerprint density at radius 2 is 1.29 bits per heavy atom. The molecule has 0 aliphatic heterocycles. The predicted octanol–water partition coefficient (Wildman–Crippen LogP) is 5.83. The number of aromatic nitrogens is 2. The number of nitrogens with one attached hydrogen (secondary N) is 2. The second-order valence-corrected chi connectivity index (χ2v) is 8.29. The van der Waals surface area contributed by atoms with Crippen molar-refractivity contribution in [2.75, 3.05) is 0 Å². The van der Waals surface area contributed by atoms with Gasteiger partial charge in [0, 0.05) is 44.2 Å². The molecule has 5 aromatic rings. The van der Waals surface area contributed by atoms with Crippen molar-refractivity contribution in [3.8, 4) is 11.5 Å². The number of H-pyrrole nitrogens is 2. The molecule has 0 saturated carbocycles. The first kappa shape index (κ1) is 19.3. The van der Waals surface area contributed by atoms with Crippen LogP contribution in [0.15, 0.2) is 82.7 Å². The summed E-state index contributed by atoms with van der Waals surface area (Å²) in [6.45, 7) is 0. The molecule has 7 heteroatoms. The highest BCUT2D eigenvalue weighted by Crippen LogP contribution is 2.39. The van der Waals surface area contributed by atoms with Crippen LogP contribution in [0, 0.1) is 0 Å². The molecule has 2 heterocycles. The molecule has 3 aromatic carbocycles. The van der Waals surface area contributed by atoms with Crippen LogP contribution in [0.25, 0.3) is 21.8 Å². The number of fused-ring (bicyclic) bond motifs is 2. The van der Waals surface area contributed by atoms with Gasteiger partial charge in [-0.25, -0.2) is 0 Å². The van der Waals surface area contributed by atoms with Crippen molar-refractivity contribution in [3.05, 3.63) is 94.2 Å². The number of phenolic OH excluding ortho intramolecular Hbond substituents is 2. The molecule has 5 N–H and O–H groups in total. The summed E-state index contributed by atoms with van der Waals surface area (Å²) in [4.78, 5) is 6.48. The maximum atomic E-state index is 10.1. The van der Waals surface area contributed by atoms with Crippen molar-refractivity contribution in [3.63, 3.8) is 0 Å². The quantitative estimate of drug-likeness (QED) is 0.128. The summed E-state index contributed by atoms with van der Waals surface area (Å²) in [5.41, 5.74) is 4.58. The average molecular weight is 476 g/mol. The Balaban J connectivity index is 1.80. The number of benzene rings is 3. The van der Waals surface area contributed by atoms with Crippen molar-refractivity contribution >= 4 is 43.4 Å². The van der Waals surface area contributed by atoms with Gasteiger partial charge >= 0.3 is 0 Å². The molecule has 0 aliphatic carbocycles. The Labute approximate surface area is 185 Å². The molecule has 0 radical (unpaired) electrons. The van der Waals surface area contributed by atoms with Gasteiger partial charge in [0.1, 0.15) is 11.5 Å². The van der Waals surface area contributed by atoms with E-state index in [-0.39, 0.29) is 11.5 Å². The molecule has 154 valence electrons. The number of hydrogen-bond donors (Lipinski definition) is 5. The summed E-state index contributed by atoms with van der Waals surface area (Å²) in [6, 6.07) is 17.8. The Kier molecular flexibility index (Phi) is 4.67. The average Bonchev–Trinajstić information content (AvgIpc) is 3.36. The first-order valence-electron chi connectivity index (χ1n) is 9.63. The zero-order valence-corrected chi connectivity index (χ0v) is 17.8. The van der Waals surface area contributed by atoms with Crippen LogP contribution >= 0.6 is 15.9 Å². The van der Waals surface area contributed by atoms with Gasteiger partial charge in [-0.2, -0.15) is 0 Å². The van der Waals surface area contributed by atoms with Crippen LogP contribution in [0.1, 0.15) is 22.6 Å². The first-order valence-corrected chi connectivity index (χ1v) is 10.4. The lowest BCUT2D eigenvalue weighted by molar-refractivity contribution is 0.317. The molecule has 0 aliphatic rings. The molecule has 31 heavy (non-hydrogen) atoms. The molecule has 0 spiro atoms. The minimum absolute atomic E-state index is 0.148. The van der Waals surface area contributed by atoms with Gasteiger partial charge in [0.2, 0.25) is 0 Å². The predicted molar refractivity (Wildman–Crippen MR) is 124 cm³/mol. The summed E-state index contributed by atoms with van der Waals surface area (Å²) >= 11 is 3.44. The smallest absolute Gasteiger partial charge is 0.116 e. The maximum absolute atomic E-state index is 10.1. The lowest BCUT2D eigenvalue weighted by Gasteiger charge is -2.19. The van der Waals surface area contributed by atoms with Crippen LogP contribution in [0.2, 0.25) is 0 Å². The molecule has 0 atom stereocenters. The van der Waals surface area contributed by atoms with Gasteiger partial charge < -0.3 is 25.4 Å². The Morgan fingerprint density at radius 3 is 1.77 bits per heavy atom. The van der Waals surface area contributed by atoms with Gasteiger partial charge in [0.25, 0.3) is 0 Å². The largest absolute Gasteiger partial charge is 0.508 e. The van der Waals surface area contributed by atoms with Crippen molar-refractivity contribution < 1.29 is 15.4 Å². The molecule has 0 unspecified atom stereocenters. The van der Waals surface area contributed by atoms with E-state index in [0.29, 0.717) is 5.71 Å². The van der Waals surface area contributed by atoms with Crippen LogP contribution in [-0.2, 0) is 0 Å². The van der Waals surface area contributed by atoms with Gasteiger partial charge in [0.15, 0.2) is 0 Å². The Hall–Kier alpha value is -3.71. The van der Waals surface area contributed by atoms with E-state index in [1.807, 2.05) is 48.8 Å². The number of aromatic hydroxyl groups is 2. The minimum Gasteiger partial charge on any atom is -0.508 e. The van der Waals surface area contributed by atoms with Crippen LogP contribution in [0.3, 0.4) is 0 Å². The normalized spacial score (nSPS) is 12.3. The highest BCUT2D eigenvalue weighted by atomic mass is 79.9. The van der Waals surface area contributed by atoms with E-state index in [1.54, 1.807) is 24.3 Å². The second-order valence-electron chi connectivity index (χ2n) is 7.37. The third kappa shape index (κ3) is 3.33. The zero-order chi connectivity index (χ0) is 21.5. The second kappa shape index (κ2) is 7.52. The topological polar surface area (TPSA) is 105 Å². The number of oxime groups is 1. The van der Waals surface area contributed by atoms with Crippen LogP contribution in [-0.4, -0.2) is 31.1 Å². The summed E-state index contributed by atoms with van der Waals surface area (Å²) in [5.74, 6) is -0.179. The van der Waals surface area contributed by atoms with Crippen molar-refractivity contribution in [2.24, 2.45) is 5.16 Å². The van der Waals surface area contributed by atoms with E-state index in [0.717, 1.165) is 43.0 Å². The van der Waals surface area contributed by atoms with E-state index in [9.17, 15) is 15.4 Å². The fourth-order valence-corrected chi connectivity index (χ4v) is 4.37. The van der Waals surface area contributed by atoms with E-state index in [2.05, 4.69) is 31.1 Å². The zero-order valence-electron chi connectivity index (χ0n) is 16.2. The fraction of sp³-hybridized carbons (Fsp3) is 0.0417. The number of halogens is 1. The molecule has 0 saturated heterocycles. The molecule has 2 aromatic heterocycles. The van der Waals surface area contributed by atoms with Crippen LogP contribution in [0.4, 0.5) is 0 Å². The van der Waals surface area contributed by atoms with Gasteiger partial charge in [-0.1, -0.05) is 33.2 Å². The van der Waals surface area contributed by atoms with Gasteiger partial charge in [-0.3, -0.25) is 0 Å². The summed E-state index contributed by atoms with van der Waals surface area (Å²) < 4.78 is 0.916. The number of phenols is 2. The van der Waals surface area contributed by atoms with Crippen LogP contribution < -0.4 is 0 Å². The molecular weight excluding hydrogens is 458 g/mol. The maximum Gasteiger partial charge on any atom is 0.116 e. The molecular formula is C24H18BrN3O3. The SMILES string of the molecule is O/N=C(/c1ccc(Br)cc1)C(c1c[nH]c2ccc(O)cc12)c1c[nH]c2ccc(O)cc12. The summed E-state index contributed by atoms with van der Waals surface area (Å²) in [7, 11) is 0. The number of rotatable bonds is 4. The van der Waals surface area contributed by atoms with Crippen molar-refractivity contribution in [1.29, 1.82) is 0 Å². The molecule has 0 amide bonds. The van der Waals surface area contributed by atoms with Gasteiger partial charge in [0.05, 0.1) is 11.6 Å². The number of nitrogens with zero attached hydrogens (tertiary/aromatic N) is 1. The van der Waals surface area contributed by atoms with E-state index in [1.165, 1.54) is 0 Å². The monoisotopic (exact) mass is 475 g/mol. The fourth-order valence-electron chi connectivity index (χ4n) is 4.10. The van der Waals surface area contributed by atoms with Crippen LogP contribution in [0.5, 0.6) is 11.5 Å². The highest BCUT2D eigenvalue weighted by molar-refractivity contribution is 9.10. The molecule has 0 fully saturated rings. The van der Waals surface area contributed by atoms with Crippen molar-refractivity contribution in [1.82, 2.24) is 9.97 Å². The Morgan fingerprint density at radius 1 is 0.774 bits per heavy atom. The Bertz CT molecular complexity index is 1350.